The molecule has 0 saturated carbocycles. The highest BCUT2D eigenvalue weighted by Crippen LogP contribution is 2.22. The number of aliphatic hydroxyl groups excluding tert-OH is 1. The van der Waals surface area contributed by atoms with Crippen LogP contribution in [-0.2, 0) is 0 Å². The van der Waals surface area contributed by atoms with E-state index < -0.39 is 0 Å². The number of hydrogen-bond acceptors (Lipinski definition) is 2. The van der Waals surface area contributed by atoms with E-state index in [-0.39, 0.29) is 6.10 Å². The van der Waals surface area contributed by atoms with Crippen LogP contribution in [0.2, 0.25) is 0 Å². The van der Waals surface area contributed by atoms with Crippen molar-refractivity contribution < 1.29 is 9.84 Å². The Balaban J connectivity index is 2.43. The summed E-state index contributed by atoms with van der Waals surface area (Å²) in [6, 6.07) is 7.74. The van der Waals surface area contributed by atoms with Gasteiger partial charge in [-0.25, -0.2) is 0 Å². The average molecular weight is 236 g/mol. The maximum Gasteiger partial charge on any atom is 0.119 e. The van der Waals surface area contributed by atoms with Crippen molar-refractivity contribution >= 4 is 0 Å². The molecule has 1 atom stereocenters. The van der Waals surface area contributed by atoms with Crippen LogP contribution in [0.4, 0.5) is 0 Å². The van der Waals surface area contributed by atoms with E-state index in [2.05, 4.69) is 13.8 Å². The third-order valence-electron chi connectivity index (χ3n) is 2.83. The summed E-state index contributed by atoms with van der Waals surface area (Å²) >= 11 is 0. The van der Waals surface area contributed by atoms with Gasteiger partial charge >= 0.3 is 0 Å². The van der Waals surface area contributed by atoms with Crippen LogP contribution in [0.25, 0.3) is 0 Å². The lowest BCUT2D eigenvalue weighted by molar-refractivity contribution is 0.162. The molecule has 1 N–H and O–H groups in total. The van der Waals surface area contributed by atoms with Crippen molar-refractivity contribution in [2.45, 2.75) is 46.1 Å². The Kier molecular flexibility index (Phi) is 6.06. The monoisotopic (exact) mass is 236 g/mol. The van der Waals surface area contributed by atoms with Gasteiger partial charge in [0.2, 0.25) is 0 Å². The topological polar surface area (TPSA) is 29.5 Å². The molecule has 0 aromatic heterocycles. The van der Waals surface area contributed by atoms with Gasteiger partial charge in [0, 0.05) is 0 Å². The van der Waals surface area contributed by atoms with Crippen LogP contribution in [0.5, 0.6) is 5.75 Å². The van der Waals surface area contributed by atoms with E-state index in [1.165, 1.54) is 6.42 Å². The molecular formula is C15H24O2. The largest absolute Gasteiger partial charge is 0.494 e. The molecule has 0 aliphatic heterocycles. The van der Waals surface area contributed by atoms with Crippen molar-refractivity contribution in [1.29, 1.82) is 0 Å². The third kappa shape index (κ3) is 5.22. The number of benzene rings is 1. The van der Waals surface area contributed by atoms with E-state index in [1.54, 1.807) is 0 Å². The fraction of sp³-hybridized carbons (Fsp3) is 0.600. The van der Waals surface area contributed by atoms with Crippen LogP contribution in [0.3, 0.4) is 0 Å². The fourth-order valence-electron chi connectivity index (χ4n) is 1.84. The summed E-state index contributed by atoms with van der Waals surface area (Å²) < 4.78 is 5.37. The molecule has 1 rings (SSSR count). The Morgan fingerprint density at radius 3 is 2.29 bits per heavy atom. The van der Waals surface area contributed by atoms with Crippen molar-refractivity contribution in [3.63, 3.8) is 0 Å². The summed E-state index contributed by atoms with van der Waals surface area (Å²) in [6.45, 7) is 7.07. The Morgan fingerprint density at radius 1 is 1.12 bits per heavy atom. The third-order valence-corrected chi connectivity index (χ3v) is 2.83. The molecule has 0 bridgehead atoms. The molecule has 0 fully saturated rings. The summed E-state index contributed by atoms with van der Waals surface area (Å²) in [5, 5.41) is 10.0. The van der Waals surface area contributed by atoms with Gasteiger partial charge in [-0.2, -0.15) is 0 Å². The summed E-state index contributed by atoms with van der Waals surface area (Å²) in [6.07, 6.45) is 2.75. The highest BCUT2D eigenvalue weighted by molar-refractivity contribution is 5.28. The minimum atomic E-state index is -0.343. The van der Waals surface area contributed by atoms with E-state index in [9.17, 15) is 5.11 Å². The number of aliphatic hydroxyl groups is 1. The molecule has 17 heavy (non-hydrogen) atoms. The molecule has 0 aliphatic rings. The van der Waals surface area contributed by atoms with Gasteiger partial charge in [-0.05, 0) is 37.0 Å². The lowest BCUT2D eigenvalue weighted by Gasteiger charge is -2.12. The summed E-state index contributed by atoms with van der Waals surface area (Å²) in [4.78, 5) is 0. The molecule has 96 valence electrons. The summed E-state index contributed by atoms with van der Waals surface area (Å²) in [7, 11) is 0. The molecule has 0 radical (unpaired) electrons. The maximum atomic E-state index is 10.0. The van der Waals surface area contributed by atoms with Crippen LogP contribution in [-0.4, -0.2) is 11.7 Å². The Morgan fingerprint density at radius 2 is 1.76 bits per heavy atom. The van der Waals surface area contributed by atoms with Gasteiger partial charge in [0.1, 0.15) is 5.75 Å². The molecule has 1 aromatic carbocycles. The summed E-state index contributed by atoms with van der Waals surface area (Å²) in [5.74, 6) is 1.58. The highest BCUT2D eigenvalue weighted by Gasteiger charge is 2.07. The zero-order valence-corrected chi connectivity index (χ0v) is 11.1. The fourth-order valence-corrected chi connectivity index (χ4v) is 1.84. The van der Waals surface area contributed by atoms with Crippen LogP contribution >= 0.6 is 0 Å². The number of ether oxygens (including phenoxy) is 1. The predicted molar refractivity (Wildman–Crippen MR) is 71.3 cm³/mol. The lowest BCUT2D eigenvalue weighted by Crippen LogP contribution is -1.99. The number of rotatable bonds is 7. The molecule has 0 amide bonds. The summed E-state index contributed by atoms with van der Waals surface area (Å²) in [5.41, 5.74) is 0.984. The standard InChI is InChI=1S/C15H24O2/c1-4-17-14-10-8-13(9-11-14)15(16)7-5-6-12(2)3/h8-12,15-16H,4-7H2,1-3H3. The van der Waals surface area contributed by atoms with Crippen LogP contribution in [0.1, 0.15) is 51.7 Å². The minimum Gasteiger partial charge on any atom is -0.494 e. The lowest BCUT2D eigenvalue weighted by atomic mass is 10.0. The van der Waals surface area contributed by atoms with Crippen molar-refractivity contribution in [3.8, 4) is 5.75 Å². The molecule has 0 saturated heterocycles. The van der Waals surface area contributed by atoms with E-state index in [4.69, 9.17) is 4.74 Å². The predicted octanol–water partition coefficient (Wildman–Crippen LogP) is 3.95. The van der Waals surface area contributed by atoms with Gasteiger partial charge in [0.25, 0.3) is 0 Å². The molecule has 0 heterocycles. The molecule has 0 aliphatic carbocycles. The zero-order chi connectivity index (χ0) is 12.7. The second-order valence-electron chi connectivity index (χ2n) is 4.84. The van der Waals surface area contributed by atoms with Gasteiger partial charge in [0.05, 0.1) is 12.7 Å². The Hall–Kier alpha value is -1.02. The quantitative estimate of drug-likeness (QED) is 0.777. The molecule has 1 aromatic rings. The van der Waals surface area contributed by atoms with Gasteiger partial charge in [-0.15, -0.1) is 0 Å². The molecule has 0 spiro atoms. The van der Waals surface area contributed by atoms with Crippen LogP contribution < -0.4 is 4.74 Å². The van der Waals surface area contributed by atoms with Crippen molar-refractivity contribution in [3.05, 3.63) is 29.8 Å². The van der Waals surface area contributed by atoms with E-state index in [0.29, 0.717) is 12.5 Å². The normalized spacial score (nSPS) is 12.8. The smallest absolute Gasteiger partial charge is 0.119 e. The number of hydrogen-bond donors (Lipinski definition) is 1. The SMILES string of the molecule is CCOc1ccc(C(O)CCCC(C)C)cc1. The molecule has 2 heteroatoms. The Bertz CT molecular complexity index is 303. The maximum absolute atomic E-state index is 10.0. The van der Waals surface area contributed by atoms with Gasteiger partial charge in [-0.3, -0.25) is 0 Å². The van der Waals surface area contributed by atoms with Crippen LogP contribution in [0.15, 0.2) is 24.3 Å². The molecular weight excluding hydrogens is 212 g/mol. The zero-order valence-electron chi connectivity index (χ0n) is 11.1. The first-order valence-electron chi connectivity index (χ1n) is 6.54. The second-order valence-corrected chi connectivity index (χ2v) is 4.84. The Labute approximate surface area is 105 Å². The van der Waals surface area contributed by atoms with Gasteiger partial charge in [0.15, 0.2) is 0 Å². The molecule has 1 unspecified atom stereocenters. The van der Waals surface area contributed by atoms with E-state index in [0.717, 1.165) is 24.2 Å². The highest BCUT2D eigenvalue weighted by atomic mass is 16.5. The van der Waals surface area contributed by atoms with Gasteiger partial charge in [-0.1, -0.05) is 38.8 Å². The van der Waals surface area contributed by atoms with Crippen LogP contribution in [0, 0.1) is 5.92 Å². The van der Waals surface area contributed by atoms with Crippen molar-refractivity contribution in [2.24, 2.45) is 5.92 Å². The first-order valence-corrected chi connectivity index (χ1v) is 6.54. The van der Waals surface area contributed by atoms with Gasteiger partial charge < -0.3 is 9.84 Å². The van der Waals surface area contributed by atoms with Crippen molar-refractivity contribution in [1.82, 2.24) is 0 Å². The minimum absolute atomic E-state index is 0.343. The molecule has 2 nitrogen and oxygen atoms in total. The van der Waals surface area contributed by atoms with E-state index in [1.807, 2.05) is 31.2 Å². The van der Waals surface area contributed by atoms with Crippen molar-refractivity contribution in [2.75, 3.05) is 6.61 Å². The van der Waals surface area contributed by atoms with E-state index >= 15 is 0 Å². The first kappa shape index (κ1) is 14.0. The second kappa shape index (κ2) is 7.33. The first-order chi connectivity index (χ1) is 8.13. The average Bonchev–Trinajstić information content (AvgIpc) is 2.30.